The third-order valence-corrected chi connectivity index (χ3v) is 7.13. The molecule has 0 aliphatic carbocycles. The second-order valence-electron chi connectivity index (χ2n) is 9.38. The summed E-state index contributed by atoms with van der Waals surface area (Å²) in [5.74, 6) is -0.233. The summed E-state index contributed by atoms with van der Waals surface area (Å²) in [4.78, 5) is 19.6. The van der Waals surface area contributed by atoms with Gasteiger partial charge in [-0.3, -0.25) is 9.36 Å². The van der Waals surface area contributed by atoms with E-state index in [1.54, 1.807) is 52.0 Å². The van der Waals surface area contributed by atoms with Gasteiger partial charge in [0.1, 0.15) is 11.6 Å². The maximum absolute atomic E-state index is 13.9. The first kappa shape index (κ1) is 23.3. The molecule has 188 valence electrons. The molecule has 6 rings (SSSR count). The summed E-state index contributed by atoms with van der Waals surface area (Å²) >= 11 is 0. The fraction of sp³-hybridized carbons (Fsp3) is 0.250. The van der Waals surface area contributed by atoms with Crippen molar-refractivity contribution in [2.45, 2.75) is 32.2 Å². The average Bonchev–Trinajstić information content (AvgIpc) is 3.46. The number of piperidine rings is 1. The van der Waals surface area contributed by atoms with E-state index in [9.17, 15) is 18.0 Å². The number of hydrogen-bond acceptors (Lipinski definition) is 3. The number of amides is 1. The van der Waals surface area contributed by atoms with Crippen molar-refractivity contribution in [3.63, 3.8) is 0 Å². The molecule has 1 amide bonds. The maximum atomic E-state index is 13.9. The number of rotatable bonds is 4. The van der Waals surface area contributed by atoms with E-state index in [2.05, 4.69) is 10.1 Å². The van der Waals surface area contributed by atoms with E-state index in [4.69, 9.17) is 0 Å². The van der Waals surface area contributed by atoms with Crippen LogP contribution in [0.1, 0.15) is 47.2 Å². The Morgan fingerprint density at radius 3 is 2.51 bits per heavy atom. The van der Waals surface area contributed by atoms with Crippen molar-refractivity contribution >= 4 is 27.8 Å². The molecule has 1 aliphatic heterocycles. The summed E-state index contributed by atoms with van der Waals surface area (Å²) in [6, 6.07) is 18.5. The standard InChI is InChI=1S/C28H24F3N5O/c1-17-22-15-19(9-10-24(22)36(33-17)21-6-4-5-20(29)16-21)27(37)34-13-11-18(12-14-34)26-32-23-7-2-3-8-25(23)35(26)28(30)31/h2-10,15-16,18,28H,11-14H2,1H3. The fourth-order valence-electron chi connectivity index (χ4n) is 5.29. The number of likely N-dealkylation sites (tertiary alicyclic amines) is 1. The summed E-state index contributed by atoms with van der Waals surface area (Å²) in [6.07, 6.45) is 1.11. The lowest BCUT2D eigenvalue weighted by atomic mass is 9.95. The highest BCUT2D eigenvalue weighted by Gasteiger charge is 2.30. The van der Waals surface area contributed by atoms with Crippen LogP contribution in [-0.2, 0) is 0 Å². The molecular formula is C28H24F3N5O. The van der Waals surface area contributed by atoms with Gasteiger partial charge in [-0.05, 0) is 68.3 Å². The van der Waals surface area contributed by atoms with E-state index in [0.29, 0.717) is 54.0 Å². The Labute approximate surface area is 210 Å². The molecule has 3 aromatic carbocycles. The minimum atomic E-state index is -2.68. The lowest BCUT2D eigenvalue weighted by Crippen LogP contribution is -2.38. The molecule has 1 aliphatic rings. The van der Waals surface area contributed by atoms with E-state index in [-0.39, 0.29) is 17.6 Å². The number of fused-ring (bicyclic) bond motifs is 2. The van der Waals surface area contributed by atoms with E-state index in [1.165, 1.54) is 12.1 Å². The van der Waals surface area contributed by atoms with Gasteiger partial charge in [-0.1, -0.05) is 18.2 Å². The highest BCUT2D eigenvalue weighted by Crippen LogP contribution is 2.34. The Balaban J connectivity index is 1.23. The first-order chi connectivity index (χ1) is 17.9. The van der Waals surface area contributed by atoms with Crippen LogP contribution in [-0.4, -0.2) is 43.2 Å². The fourth-order valence-corrected chi connectivity index (χ4v) is 5.29. The van der Waals surface area contributed by atoms with Gasteiger partial charge in [-0.2, -0.15) is 13.9 Å². The van der Waals surface area contributed by atoms with Crippen molar-refractivity contribution in [1.82, 2.24) is 24.2 Å². The topological polar surface area (TPSA) is 56.0 Å². The van der Waals surface area contributed by atoms with Crippen LogP contribution in [0.15, 0.2) is 66.7 Å². The number of para-hydroxylation sites is 2. The third-order valence-electron chi connectivity index (χ3n) is 7.13. The second kappa shape index (κ2) is 9.06. The molecule has 6 nitrogen and oxygen atoms in total. The Morgan fingerprint density at radius 2 is 1.76 bits per heavy atom. The number of halogens is 3. The van der Waals surface area contributed by atoms with Crippen LogP contribution in [0.25, 0.3) is 27.6 Å². The third kappa shape index (κ3) is 4.04. The predicted octanol–water partition coefficient (Wildman–Crippen LogP) is 6.24. The number of imidazole rings is 1. The van der Waals surface area contributed by atoms with Gasteiger partial charge in [0.2, 0.25) is 0 Å². The van der Waals surface area contributed by atoms with Gasteiger partial charge in [-0.25, -0.2) is 14.1 Å². The Morgan fingerprint density at radius 1 is 0.973 bits per heavy atom. The summed E-state index contributed by atoms with van der Waals surface area (Å²) in [6.45, 7) is 0.0863. The van der Waals surface area contributed by atoms with Gasteiger partial charge >= 0.3 is 6.55 Å². The molecule has 5 aromatic rings. The van der Waals surface area contributed by atoms with Crippen molar-refractivity contribution in [1.29, 1.82) is 0 Å². The van der Waals surface area contributed by atoms with Crippen molar-refractivity contribution in [2.75, 3.05) is 13.1 Å². The normalized spacial score (nSPS) is 14.8. The summed E-state index contributed by atoms with van der Waals surface area (Å²) in [5.41, 5.74) is 3.64. The second-order valence-corrected chi connectivity index (χ2v) is 9.38. The lowest BCUT2D eigenvalue weighted by Gasteiger charge is -2.32. The Kier molecular flexibility index (Phi) is 5.70. The van der Waals surface area contributed by atoms with Gasteiger partial charge in [-0.15, -0.1) is 0 Å². The molecule has 0 atom stereocenters. The van der Waals surface area contributed by atoms with Crippen molar-refractivity contribution in [3.8, 4) is 5.69 Å². The molecule has 9 heteroatoms. The van der Waals surface area contributed by atoms with Crippen molar-refractivity contribution in [3.05, 3.63) is 89.6 Å². The van der Waals surface area contributed by atoms with Crippen LogP contribution in [0.2, 0.25) is 0 Å². The zero-order valence-electron chi connectivity index (χ0n) is 20.1. The molecule has 37 heavy (non-hydrogen) atoms. The monoisotopic (exact) mass is 503 g/mol. The van der Waals surface area contributed by atoms with Crippen LogP contribution >= 0.6 is 0 Å². The molecule has 0 spiro atoms. The summed E-state index contributed by atoms with van der Waals surface area (Å²) < 4.78 is 44.2. The highest BCUT2D eigenvalue weighted by atomic mass is 19.3. The Hall–Kier alpha value is -4.14. The molecule has 2 aromatic heterocycles. The largest absolute Gasteiger partial charge is 0.339 e. The molecule has 0 radical (unpaired) electrons. The lowest BCUT2D eigenvalue weighted by molar-refractivity contribution is 0.0634. The smallest absolute Gasteiger partial charge is 0.320 e. The quantitative estimate of drug-likeness (QED) is 0.292. The van der Waals surface area contributed by atoms with Gasteiger partial charge in [0.15, 0.2) is 0 Å². The van der Waals surface area contributed by atoms with Crippen LogP contribution in [0, 0.1) is 12.7 Å². The number of alkyl halides is 2. The van der Waals surface area contributed by atoms with Gasteiger partial charge < -0.3 is 4.90 Å². The van der Waals surface area contributed by atoms with Crippen LogP contribution in [0.3, 0.4) is 0 Å². The number of benzene rings is 3. The minimum Gasteiger partial charge on any atom is -0.339 e. The van der Waals surface area contributed by atoms with Gasteiger partial charge in [0.05, 0.1) is 27.9 Å². The maximum Gasteiger partial charge on any atom is 0.320 e. The summed E-state index contributed by atoms with van der Waals surface area (Å²) in [7, 11) is 0. The van der Waals surface area contributed by atoms with Crippen molar-refractivity contribution < 1.29 is 18.0 Å². The highest BCUT2D eigenvalue weighted by molar-refractivity contribution is 5.99. The first-order valence-corrected chi connectivity index (χ1v) is 12.2. The zero-order chi connectivity index (χ0) is 25.7. The number of carbonyl (C=O) groups is 1. The molecular weight excluding hydrogens is 479 g/mol. The van der Waals surface area contributed by atoms with Crippen LogP contribution < -0.4 is 0 Å². The molecule has 0 bridgehead atoms. The molecule has 1 fully saturated rings. The van der Waals surface area contributed by atoms with Crippen LogP contribution in [0.5, 0.6) is 0 Å². The molecule has 0 N–H and O–H groups in total. The van der Waals surface area contributed by atoms with E-state index >= 15 is 0 Å². The van der Waals surface area contributed by atoms with E-state index in [0.717, 1.165) is 21.2 Å². The molecule has 3 heterocycles. The molecule has 0 saturated carbocycles. The Bertz CT molecular complexity index is 1630. The average molecular weight is 504 g/mol. The molecule has 1 saturated heterocycles. The first-order valence-electron chi connectivity index (χ1n) is 12.2. The SMILES string of the molecule is Cc1nn(-c2cccc(F)c2)c2ccc(C(=O)N3CCC(c4nc5ccccc5n4C(F)F)CC3)cc12. The number of aryl methyl sites for hydroxylation is 1. The van der Waals surface area contributed by atoms with E-state index < -0.39 is 6.55 Å². The number of hydrogen-bond donors (Lipinski definition) is 0. The number of nitrogens with zero attached hydrogens (tertiary/aromatic N) is 5. The number of aromatic nitrogens is 4. The van der Waals surface area contributed by atoms with E-state index in [1.807, 2.05) is 19.1 Å². The zero-order valence-corrected chi connectivity index (χ0v) is 20.1. The minimum absolute atomic E-state index is 0.111. The molecule has 0 unspecified atom stereocenters. The predicted molar refractivity (Wildman–Crippen MR) is 135 cm³/mol. The van der Waals surface area contributed by atoms with Gasteiger partial charge in [0, 0.05) is 30.0 Å². The number of carbonyl (C=O) groups excluding carboxylic acids is 1. The van der Waals surface area contributed by atoms with Crippen LogP contribution in [0.4, 0.5) is 13.2 Å². The van der Waals surface area contributed by atoms with Gasteiger partial charge in [0.25, 0.3) is 5.91 Å². The summed E-state index contributed by atoms with van der Waals surface area (Å²) in [5, 5.41) is 5.37. The van der Waals surface area contributed by atoms with Crippen molar-refractivity contribution in [2.24, 2.45) is 0 Å².